The van der Waals surface area contributed by atoms with Gasteiger partial charge in [-0.3, -0.25) is 0 Å². The predicted octanol–water partition coefficient (Wildman–Crippen LogP) is 2.51. The smallest absolute Gasteiger partial charge is 0.0546 e. The first kappa shape index (κ1) is 15.9. The molecule has 0 radical (unpaired) electrons. The lowest BCUT2D eigenvalue weighted by molar-refractivity contribution is -0.0369. The third kappa shape index (κ3) is 4.22. The van der Waals surface area contributed by atoms with Crippen molar-refractivity contribution in [2.75, 3.05) is 39.9 Å². The normalized spacial score (nSPS) is 25.7. The maximum absolute atomic E-state index is 5.76. The van der Waals surface area contributed by atoms with Gasteiger partial charge in [-0.05, 0) is 46.7 Å². The molecule has 3 nitrogen and oxygen atoms in total. The van der Waals surface area contributed by atoms with Gasteiger partial charge in [-0.25, -0.2) is 0 Å². The van der Waals surface area contributed by atoms with Gasteiger partial charge in [-0.2, -0.15) is 0 Å². The summed E-state index contributed by atoms with van der Waals surface area (Å²) in [6.07, 6.45) is 3.66. The zero-order chi connectivity index (χ0) is 13.6. The first-order valence-electron chi connectivity index (χ1n) is 7.45. The van der Waals surface area contributed by atoms with Crippen LogP contribution >= 0.6 is 0 Å². The second-order valence-corrected chi connectivity index (χ2v) is 6.46. The molecule has 0 spiro atoms. The Bertz CT molecular complexity index is 235. The van der Waals surface area contributed by atoms with Gasteiger partial charge >= 0.3 is 0 Å². The fourth-order valence-electron chi connectivity index (χ4n) is 2.61. The fourth-order valence-corrected chi connectivity index (χ4v) is 2.61. The molecular formula is C15H32N2O. The zero-order valence-corrected chi connectivity index (χ0v) is 13.0. The van der Waals surface area contributed by atoms with Crippen LogP contribution in [0, 0.1) is 5.41 Å². The number of rotatable bonds is 7. The maximum atomic E-state index is 5.76. The van der Waals surface area contributed by atoms with Crippen LogP contribution in [0.3, 0.4) is 0 Å². The van der Waals surface area contributed by atoms with Gasteiger partial charge < -0.3 is 15.0 Å². The van der Waals surface area contributed by atoms with Crippen molar-refractivity contribution in [3.63, 3.8) is 0 Å². The Morgan fingerprint density at radius 3 is 2.56 bits per heavy atom. The second-order valence-electron chi connectivity index (χ2n) is 6.46. The SMILES string of the molecule is CCNCC1(CN(C)C(C)(C)CC)CCCOC1. The van der Waals surface area contributed by atoms with Crippen LogP contribution in [0.1, 0.15) is 47.0 Å². The van der Waals surface area contributed by atoms with Gasteiger partial charge in [0.2, 0.25) is 0 Å². The summed E-state index contributed by atoms with van der Waals surface area (Å²) < 4.78 is 5.76. The molecule has 108 valence electrons. The van der Waals surface area contributed by atoms with Gasteiger partial charge in [-0.15, -0.1) is 0 Å². The number of nitrogens with zero attached hydrogens (tertiary/aromatic N) is 1. The summed E-state index contributed by atoms with van der Waals surface area (Å²) in [5, 5.41) is 3.53. The highest BCUT2D eigenvalue weighted by Crippen LogP contribution is 2.31. The molecule has 1 heterocycles. The Hall–Kier alpha value is -0.120. The first-order valence-corrected chi connectivity index (χ1v) is 7.45. The van der Waals surface area contributed by atoms with Crippen LogP contribution in [0.5, 0.6) is 0 Å². The van der Waals surface area contributed by atoms with Crippen LogP contribution in [-0.4, -0.2) is 50.3 Å². The molecule has 1 rings (SSSR count). The Morgan fingerprint density at radius 2 is 2.06 bits per heavy atom. The average molecular weight is 256 g/mol. The molecule has 0 aliphatic carbocycles. The number of hydrogen-bond donors (Lipinski definition) is 1. The highest BCUT2D eigenvalue weighted by Gasteiger charge is 2.36. The van der Waals surface area contributed by atoms with Gasteiger partial charge in [-0.1, -0.05) is 13.8 Å². The third-order valence-corrected chi connectivity index (χ3v) is 4.63. The molecule has 0 saturated carbocycles. The summed E-state index contributed by atoms with van der Waals surface area (Å²) >= 11 is 0. The Morgan fingerprint density at radius 1 is 1.33 bits per heavy atom. The van der Waals surface area contributed by atoms with Crippen molar-refractivity contribution in [1.29, 1.82) is 0 Å². The lowest BCUT2D eigenvalue weighted by atomic mass is 9.80. The lowest BCUT2D eigenvalue weighted by Crippen LogP contribution is -2.53. The molecule has 1 unspecified atom stereocenters. The molecule has 0 amide bonds. The molecule has 1 aliphatic rings. The van der Waals surface area contributed by atoms with Crippen molar-refractivity contribution < 1.29 is 4.74 Å². The molecule has 0 aromatic carbocycles. The molecular weight excluding hydrogens is 224 g/mol. The highest BCUT2D eigenvalue weighted by atomic mass is 16.5. The van der Waals surface area contributed by atoms with Crippen LogP contribution in [0.2, 0.25) is 0 Å². The summed E-state index contributed by atoms with van der Waals surface area (Å²) in [5.74, 6) is 0. The summed E-state index contributed by atoms with van der Waals surface area (Å²) in [7, 11) is 2.26. The molecule has 1 saturated heterocycles. The van der Waals surface area contributed by atoms with E-state index in [1.807, 2.05) is 0 Å². The number of hydrogen-bond acceptors (Lipinski definition) is 3. The monoisotopic (exact) mass is 256 g/mol. The first-order chi connectivity index (χ1) is 8.46. The summed E-state index contributed by atoms with van der Waals surface area (Å²) in [5.41, 5.74) is 0.576. The molecule has 1 atom stereocenters. The maximum Gasteiger partial charge on any atom is 0.0546 e. The molecule has 18 heavy (non-hydrogen) atoms. The van der Waals surface area contributed by atoms with E-state index in [1.165, 1.54) is 19.3 Å². The third-order valence-electron chi connectivity index (χ3n) is 4.63. The largest absolute Gasteiger partial charge is 0.381 e. The fraction of sp³-hybridized carbons (Fsp3) is 1.00. The van der Waals surface area contributed by atoms with E-state index in [4.69, 9.17) is 4.74 Å². The minimum atomic E-state index is 0.274. The zero-order valence-electron chi connectivity index (χ0n) is 13.0. The van der Waals surface area contributed by atoms with E-state index >= 15 is 0 Å². The van der Waals surface area contributed by atoms with E-state index < -0.39 is 0 Å². The highest BCUT2D eigenvalue weighted by molar-refractivity contribution is 4.90. The quantitative estimate of drug-likeness (QED) is 0.757. The van der Waals surface area contributed by atoms with Crippen molar-refractivity contribution in [3.8, 4) is 0 Å². The van der Waals surface area contributed by atoms with E-state index in [0.29, 0.717) is 5.41 Å². The summed E-state index contributed by atoms with van der Waals surface area (Å²) in [6, 6.07) is 0. The molecule has 1 fully saturated rings. The van der Waals surface area contributed by atoms with Gasteiger partial charge in [0.25, 0.3) is 0 Å². The second kappa shape index (κ2) is 6.88. The van der Waals surface area contributed by atoms with E-state index in [2.05, 4.69) is 45.0 Å². The summed E-state index contributed by atoms with van der Waals surface area (Å²) in [4.78, 5) is 2.51. The lowest BCUT2D eigenvalue weighted by Gasteiger charge is -2.45. The van der Waals surface area contributed by atoms with Crippen molar-refractivity contribution in [2.45, 2.75) is 52.5 Å². The number of nitrogens with one attached hydrogen (secondary N) is 1. The predicted molar refractivity (Wildman–Crippen MR) is 78.0 cm³/mol. The average Bonchev–Trinajstić information content (AvgIpc) is 2.37. The molecule has 1 aliphatic heterocycles. The molecule has 0 bridgehead atoms. The Balaban J connectivity index is 2.65. The van der Waals surface area contributed by atoms with Gasteiger partial charge in [0, 0.05) is 30.7 Å². The molecule has 3 heteroatoms. The van der Waals surface area contributed by atoms with Crippen LogP contribution in [0.25, 0.3) is 0 Å². The Kier molecular flexibility index (Phi) is 6.09. The topological polar surface area (TPSA) is 24.5 Å². The standard InChI is InChI=1S/C15H32N2O/c1-6-14(3,4)17(5)12-15(11-16-7-2)9-8-10-18-13-15/h16H,6-13H2,1-5H3. The minimum Gasteiger partial charge on any atom is -0.381 e. The van der Waals surface area contributed by atoms with Crippen LogP contribution in [0.4, 0.5) is 0 Å². The minimum absolute atomic E-state index is 0.274. The van der Waals surface area contributed by atoms with Gasteiger partial charge in [0.1, 0.15) is 0 Å². The van der Waals surface area contributed by atoms with Crippen LogP contribution in [-0.2, 0) is 4.74 Å². The van der Waals surface area contributed by atoms with Crippen molar-refractivity contribution in [1.82, 2.24) is 10.2 Å². The van der Waals surface area contributed by atoms with Gasteiger partial charge in [0.15, 0.2) is 0 Å². The van der Waals surface area contributed by atoms with Crippen molar-refractivity contribution in [2.24, 2.45) is 5.41 Å². The van der Waals surface area contributed by atoms with Crippen molar-refractivity contribution in [3.05, 3.63) is 0 Å². The van der Waals surface area contributed by atoms with E-state index in [1.54, 1.807) is 0 Å². The van der Waals surface area contributed by atoms with E-state index in [-0.39, 0.29) is 5.54 Å². The van der Waals surface area contributed by atoms with Gasteiger partial charge in [0.05, 0.1) is 6.61 Å². The molecule has 1 N–H and O–H groups in total. The van der Waals surface area contributed by atoms with Crippen LogP contribution in [0.15, 0.2) is 0 Å². The van der Waals surface area contributed by atoms with Crippen LogP contribution < -0.4 is 5.32 Å². The molecule has 0 aromatic rings. The molecule has 0 aromatic heterocycles. The van der Waals surface area contributed by atoms with Crippen molar-refractivity contribution >= 4 is 0 Å². The number of ether oxygens (including phenoxy) is 1. The summed E-state index contributed by atoms with van der Waals surface area (Å²) in [6.45, 7) is 14.2. The Labute approximate surface area is 113 Å². The van der Waals surface area contributed by atoms with E-state index in [0.717, 1.165) is 32.8 Å². The van der Waals surface area contributed by atoms with E-state index in [9.17, 15) is 0 Å².